The number of nitrogens with zero attached hydrogens (tertiary/aromatic N) is 3. The molecule has 1 aliphatic heterocycles. The van der Waals surface area contributed by atoms with Crippen molar-refractivity contribution >= 4 is 23.2 Å². The molecule has 38 heavy (non-hydrogen) atoms. The van der Waals surface area contributed by atoms with Gasteiger partial charge in [0.15, 0.2) is 0 Å². The van der Waals surface area contributed by atoms with E-state index in [1.807, 2.05) is 67.3 Å². The second-order valence-electron chi connectivity index (χ2n) is 9.62. The zero-order valence-electron chi connectivity index (χ0n) is 22.2. The molecule has 202 valence electrons. The van der Waals surface area contributed by atoms with Gasteiger partial charge in [0.2, 0.25) is 5.91 Å². The van der Waals surface area contributed by atoms with Crippen LogP contribution in [0.5, 0.6) is 0 Å². The highest BCUT2D eigenvalue weighted by Crippen LogP contribution is 2.27. The number of aromatic nitrogens is 2. The van der Waals surface area contributed by atoms with Crippen molar-refractivity contribution in [2.24, 2.45) is 0 Å². The lowest BCUT2D eigenvalue weighted by atomic mass is 10.00. The van der Waals surface area contributed by atoms with Gasteiger partial charge in [-0.05, 0) is 50.5 Å². The van der Waals surface area contributed by atoms with Crippen molar-refractivity contribution < 1.29 is 14.7 Å². The summed E-state index contributed by atoms with van der Waals surface area (Å²) < 4.78 is 1.86. The maximum atomic E-state index is 13.5. The summed E-state index contributed by atoms with van der Waals surface area (Å²) in [4.78, 5) is 27.6. The van der Waals surface area contributed by atoms with Crippen LogP contribution in [0.3, 0.4) is 0 Å². The van der Waals surface area contributed by atoms with Crippen LogP contribution in [-0.4, -0.2) is 58.5 Å². The van der Waals surface area contributed by atoms with Crippen LogP contribution < -0.4 is 20.9 Å². The summed E-state index contributed by atoms with van der Waals surface area (Å²) in [5.74, 6) is -0.222. The van der Waals surface area contributed by atoms with Crippen molar-refractivity contribution in [3.8, 4) is 0 Å². The van der Waals surface area contributed by atoms with E-state index < -0.39 is 12.1 Å². The number of nitrogens with one attached hydrogen (secondary N) is 3. The number of hydrogen-bond acceptors (Lipinski definition) is 6. The minimum atomic E-state index is -0.822. The predicted molar refractivity (Wildman–Crippen MR) is 149 cm³/mol. The van der Waals surface area contributed by atoms with Gasteiger partial charge in [-0.15, -0.1) is 0 Å². The summed E-state index contributed by atoms with van der Waals surface area (Å²) in [6.45, 7) is 7.03. The number of rotatable bonds is 13. The minimum Gasteiger partial charge on any atom is -0.390 e. The van der Waals surface area contributed by atoms with Gasteiger partial charge in [0.25, 0.3) is 5.91 Å². The molecule has 0 radical (unpaired) electrons. The third-order valence-electron chi connectivity index (χ3n) is 6.72. The molecule has 2 atom stereocenters. The minimum absolute atomic E-state index is 0.0675. The van der Waals surface area contributed by atoms with E-state index in [4.69, 9.17) is 0 Å². The molecule has 1 saturated heterocycles. The van der Waals surface area contributed by atoms with Gasteiger partial charge in [-0.3, -0.25) is 14.3 Å². The summed E-state index contributed by atoms with van der Waals surface area (Å²) in [7, 11) is 0. The maximum absolute atomic E-state index is 13.5. The van der Waals surface area contributed by atoms with E-state index in [-0.39, 0.29) is 11.8 Å². The van der Waals surface area contributed by atoms with Gasteiger partial charge in [0.05, 0.1) is 18.3 Å². The molecule has 4 N–H and O–H groups in total. The van der Waals surface area contributed by atoms with Crippen LogP contribution in [0.15, 0.2) is 60.9 Å². The number of benzene rings is 2. The predicted octanol–water partition coefficient (Wildman–Crippen LogP) is 2.95. The van der Waals surface area contributed by atoms with Gasteiger partial charge in [-0.1, -0.05) is 30.3 Å². The molecule has 4 rings (SSSR count). The van der Waals surface area contributed by atoms with Gasteiger partial charge in [0, 0.05) is 67.8 Å². The van der Waals surface area contributed by atoms with Crippen LogP contribution in [0.4, 0.5) is 11.4 Å². The molecule has 0 saturated carbocycles. The highest BCUT2D eigenvalue weighted by atomic mass is 16.3. The second-order valence-corrected chi connectivity index (χ2v) is 9.62. The van der Waals surface area contributed by atoms with Crippen LogP contribution in [-0.2, 0) is 24.3 Å². The molecule has 1 fully saturated rings. The largest absolute Gasteiger partial charge is 0.390 e. The maximum Gasteiger partial charge on any atom is 0.251 e. The van der Waals surface area contributed by atoms with E-state index in [2.05, 4.69) is 21.0 Å². The molecule has 0 bridgehead atoms. The standard InChI is InChI=1S/C29H38N6O3/c1-3-31-24-14-23(15-25(16-24)35-12-8-11-28(35)37)29(38)33-26(13-21-9-6-5-7-10-21)27(36)19-30-17-22-18-32-34(4-2)20-22/h5-7,9-10,14-16,18,20,26-27,30-31,36H,3-4,8,11-13,17,19H2,1-2H3,(H,33,38)/t26-,27+/m0/s1. The van der Waals surface area contributed by atoms with Crippen LogP contribution in [0, 0.1) is 0 Å². The van der Waals surface area contributed by atoms with Gasteiger partial charge in [-0.2, -0.15) is 5.10 Å². The zero-order valence-corrected chi connectivity index (χ0v) is 22.2. The summed E-state index contributed by atoms with van der Waals surface area (Å²) in [5, 5.41) is 25.0. The third-order valence-corrected chi connectivity index (χ3v) is 6.72. The highest BCUT2D eigenvalue weighted by molar-refractivity contribution is 6.00. The molecule has 9 nitrogen and oxygen atoms in total. The molecule has 0 aliphatic carbocycles. The average Bonchev–Trinajstić information content (AvgIpc) is 3.57. The number of aliphatic hydroxyl groups excluding tert-OH is 1. The zero-order chi connectivity index (χ0) is 26.9. The molecule has 2 heterocycles. The Bertz CT molecular complexity index is 1210. The lowest BCUT2D eigenvalue weighted by molar-refractivity contribution is -0.117. The van der Waals surface area contributed by atoms with Gasteiger partial charge < -0.3 is 26.0 Å². The van der Waals surface area contributed by atoms with Crippen LogP contribution >= 0.6 is 0 Å². The topological polar surface area (TPSA) is 112 Å². The molecule has 1 aliphatic rings. The highest BCUT2D eigenvalue weighted by Gasteiger charge is 2.25. The normalized spacial score (nSPS) is 14.9. The van der Waals surface area contributed by atoms with Crippen molar-refractivity contribution in [2.45, 2.75) is 58.3 Å². The van der Waals surface area contributed by atoms with E-state index in [9.17, 15) is 14.7 Å². The Morgan fingerprint density at radius 3 is 2.63 bits per heavy atom. The first kappa shape index (κ1) is 27.3. The fraction of sp³-hybridized carbons (Fsp3) is 0.414. The van der Waals surface area contributed by atoms with Crippen molar-refractivity contribution in [3.63, 3.8) is 0 Å². The monoisotopic (exact) mass is 518 g/mol. The molecule has 1 aromatic heterocycles. The van der Waals surface area contributed by atoms with Crippen LogP contribution in [0.1, 0.15) is 48.2 Å². The van der Waals surface area contributed by atoms with Crippen LogP contribution in [0.2, 0.25) is 0 Å². The van der Waals surface area contributed by atoms with E-state index in [0.29, 0.717) is 50.3 Å². The number of hydrogen-bond donors (Lipinski definition) is 4. The molecular formula is C29H38N6O3. The molecular weight excluding hydrogens is 480 g/mol. The fourth-order valence-electron chi connectivity index (χ4n) is 4.71. The number of anilines is 2. The van der Waals surface area contributed by atoms with E-state index in [0.717, 1.165) is 29.8 Å². The molecule has 2 aromatic carbocycles. The SMILES string of the molecule is CCNc1cc(C(=O)N[C@@H](Cc2ccccc2)[C@H](O)CNCc2cnn(CC)c2)cc(N2CCCC2=O)c1. The Morgan fingerprint density at radius 1 is 1.13 bits per heavy atom. The van der Waals surface area contributed by atoms with Crippen molar-refractivity contribution in [2.75, 3.05) is 29.9 Å². The Balaban J connectivity index is 1.49. The number of carbonyl (C=O) groups excluding carboxylic acids is 2. The number of aliphatic hydroxyl groups is 1. The van der Waals surface area contributed by atoms with Gasteiger partial charge in [0.1, 0.15) is 0 Å². The molecule has 0 spiro atoms. The molecule has 0 unspecified atom stereocenters. The number of aryl methyl sites for hydroxylation is 1. The van der Waals surface area contributed by atoms with E-state index >= 15 is 0 Å². The number of carbonyl (C=O) groups is 2. The Labute approximate surface area is 224 Å². The Morgan fingerprint density at radius 2 is 1.95 bits per heavy atom. The summed E-state index contributed by atoms with van der Waals surface area (Å²) in [5.41, 5.74) is 4.00. The van der Waals surface area contributed by atoms with Gasteiger partial charge in [-0.25, -0.2) is 0 Å². The lowest BCUT2D eigenvalue weighted by Gasteiger charge is -2.25. The summed E-state index contributed by atoms with van der Waals surface area (Å²) in [6.07, 6.45) is 4.77. The lowest BCUT2D eigenvalue weighted by Crippen LogP contribution is -2.48. The molecule has 9 heteroatoms. The quantitative estimate of drug-likeness (QED) is 0.277. The van der Waals surface area contributed by atoms with E-state index in [1.54, 1.807) is 17.0 Å². The molecule has 3 aromatic rings. The van der Waals surface area contributed by atoms with Crippen molar-refractivity contribution in [1.29, 1.82) is 0 Å². The van der Waals surface area contributed by atoms with Crippen LogP contribution in [0.25, 0.3) is 0 Å². The molecule has 2 amide bonds. The summed E-state index contributed by atoms with van der Waals surface area (Å²) in [6, 6.07) is 14.8. The first-order chi connectivity index (χ1) is 18.5. The van der Waals surface area contributed by atoms with Crippen molar-refractivity contribution in [1.82, 2.24) is 20.4 Å². The first-order valence-corrected chi connectivity index (χ1v) is 13.4. The summed E-state index contributed by atoms with van der Waals surface area (Å²) >= 11 is 0. The third kappa shape index (κ3) is 7.20. The first-order valence-electron chi connectivity index (χ1n) is 13.4. The van der Waals surface area contributed by atoms with Gasteiger partial charge >= 0.3 is 0 Å². The number of amides is 2. The average molecular weight is 519 g/mol. The second kappa shape index (κ2) is 13.2. The van der Waals surface area contributed by atoms with Crippen molar-refractivity contribution in [3.05, 3.63) is 77.6 Å². The Kier molecular flexibility index (Phi) is 9.51. The fourth-order valence-corrected chi connectivity index (χ4v) is 4.71. The smallest absolute Gasteiger partial charge is 0.251 e. The Hall–Kier alpha value is -3.69. The van der Waals surface area contributed by atoms with E-state index in [1.165, 1.54) is 0 Å².